The molecule has 99 valence electrons. The van der Waals surface area contributed by atoms with Gasteiger partial charge in [-0.25, -0.2) is 4.79 Å². The number of carboxylic acids is 3. The van der Waals surface area contributed by atoms with Gasteiger partial charge >= 0.3 is 23.0 Å². The maximum atomic E-state index is 9.60. The number of carbonyl (C=O) groups excluding carboxylic acids is 2. The van der Waals surface area contributed by atoms with Crippen molar-refractivity contribution in [3.63, 3.8) is 0 Å². The van der Waals surface area contributed by atoms with E-state index in [1.165, 1.54) is 6.92 Å². The molecular formula is C8H13CuFO6. The molecule has 6 nitrogen and oxygen atoms in total. The fourth-order valence-corrected chi connectivity index (χ4v) is 0. The average molecular weight is 288 g/mol. The number of aliphatic carboxylic acids is 3. The summed E-state index contributed by atoms with van der Waals surface area (Å²) < 4.78 is 0. The third-order valence-corrected chi connectivity index (χ3v) is 0.365. The molecule has 0 rings (SSSR count). The molecule has 0 saturated carbocycles. The van der Waals surface area contributed by atoms with Crippen LogP contribution in [0.5, 0.6) is 0 Å². The second-order valence-corrected chi connectivity index (χ2v) is 2.07. The first kappa shape index (κ1) is 29.3. The first-order valence-electron chi connectivity index (χ1n) is 3.35. The summed E-state index contributed by atoms with van der Waals surface area (Å²) >= 11 is 0. The zero-order valence-corrected chi connectivity index (χ0v) is 9.85. The predicted molar refractivity (Wildman–Crippen MR) is 46.3 cm³/mol. The van der Waals surface area contributed by atoms with E-state index in [9.17, 15) is 4.79 Å². The number of carbonyl (C=O) groups is 3. The van der Waals surface area contributed by atoms with Crippen molar-refractivity contribution in [3.8, 4) is 0 Å². The van der Waals surface area contributed by atoms with Gasteiger partial charge in [-0.2, -0.15) is 0 Å². The summed E-state index contributed by atoms with van der Waals surface area (Å²) in [5.41, 5.74) is 0.176. The van der Waals surface area contributed by atoms with Crippen LogP contribution in [0.25, 0.3) is 0 Å². The Morgan fingerprint density at radius 2 is 1.06 bits per heavy atom. The quantitative estimate of drug-likeness (QED) is 0.454. The van der Waals surface area contributed by atoms with Crippen molar-refractivity contribution in [3.05, 3.63) is 12.2 Å². The van der Waals surface area contributed by atoms with E-state index in [0.717, 1.165) is 13.8 Å². The van der Waals surface area contributed by atoms with Gasteiger partial charge in [0, 0.05) is 17.5 Å². The molecule has 1 N–H and O–H groups in total. The Hall–Kier alpha value is -1.40. The van der Waals surface area contributed by atoms with Crippen LogP contribution in [0.1, 0.15) is 20.8 Å². The van der Waals surface area contributed by atoms with E-state index >= 15 is 0 Å². The predicted octanol–water partition coefficient (Wildman–Crippen LogP) is -1.69. The summed E-state index contributed by atoms with van der Waals surface area (Å²) in [5, 5.41) is 25.7. The molecule has 16 heavy (non-hydrogen) atoms. The van der Waals surface area contributed by atoms with Crippen molar-refractivity contribution in [2.75, 3.05) is 0 Å². The van der Waals surface area contributed by atoms with E-state index in [1.807, 2.05) is 0 Å². The monoisotopic (exact) mass is 287 g/mol. The molecule has 0 heterocycles. The van der Waals surface area contributed by atoms with Gasteiger partial charge in [-0.15, -0.1) is 0 Å². The van der Waals surface area contributed by atoms with Crippen LogP contribution >= 0.6 is 0 Å². The number of hydrogen-bond donors (Lipinski definition) is 1. The number of hydrogen-bond acceptors (Lipinski definition) is 5. The third kappa shape index (κ3) is 251. The second kappa shape index (κ2) is 19.2. The first-order chi connectivity index (χ1) is 6.11. The molecule has 0 atom stereocenters. The molecule has 8 heteroatoms. The zero-order chi connectivity index (χ0) is 12.3. The van der Waals surface area contributed by atoms with Crippen molar-refractivity contribution in [2.45, 2.75) is 20.8 Å². The molecule has 0 aromatic rings. The van der Waals surface area contributed by atoms with Gasteiger partial charge in [0.2, 0.25) is 0 Å². The Kier molecular flexibility index (Phi) is 35.2. The van der Waals surface area contributed by atoms with Crippen LogP contribution in [0.4, 0.5) is 4.70 Å². The van der Waals surface area contributed by atoms with Gasteiger partial charge in [0.1, 0.15) is 0 Å². The molecular weight excluding hydrogens is 275 g/mol. The second-order valence-electron chi connectivity index (χ2n) is 2.07. The molecule has 0 amide bonds. The van der Waals surface area contributed by atoms with Crippen LogP contribution in [0.15, 0.2) is 12.2 Å². The third-order valence-electron chi connectivity index (χ3n) is 0.365. The molecule has 0 bridgehead atoms. The van der Waals surface area contributed by atoms with Crippen LogP contribution < -0.4 is 10.2 Å². The molecule has 0 aromatic heterocycles. The van der Waals surface area contributed by atoms with Crippen molar-refractivity contribution in [2.24, 2.45) is 0 Å². The maximum absolute atomic E-state index is 9.60. The van der Waals surface area contributed by atoms with E-state index in [1.54, 1.807) is 0 Å². The van der Waals surface area contributed by atoms with Gasteiger partial charge in [-0.3, -0.25) is 4.70 Å². The largest absolute Gasteiger partial charge is 2.00 e. The smallest absolute Gasteiger partial charge is 0.550 e. The zero-order valence-electron chi connectivity index (χ0n) is 8.91. The van der Waals surface area contributed by atoms with Crippen LogP contribution in [-0.2, 0) is 31.5 Å². The van der Waals surface area contributed by atoms with Crippen molar-refractivity contribution < 1.29 is 51.5 Å². The van der Waals surface area contributed by atoms with Gasteiger partial charge in [0.05, 0.1) is 0 Å². The minimum absolute atomic E-state index is 0. The number of halogens is 1. The van der Waals surface area contributed by atoms with E-state index in [-0.39, 0.29) is 27.3 Å². The Labute approximate surface area is 103 Å². The summed E-state index contributed by atoms with van der Waals surface area (Å²) in [7, 11) is 0. The number of carboxylic acid groups (broad SMARTS) is 3. The molecule has 0 unspecified atom stereocenters. The Balaban J connectivity index is -0.0000000367. The van der Waals surface area contributed by atoms with E-state index in [4.69, 9.17) is 24.9 Å². The molecule has 0 aromatic carbocycles. The van der Waals surface area contributed by atoms with Crippen LogP contribution in [0, 0.1) is 0 Å². The van der Waals surface area contributed by atoms with E-state index < -0.39 is 17.9 Å². The van der Waals surface area contributed by atoms with Crippen LogP contribution in [0.3, 0.4) is 0 Å². The summed E-state index contributed by atoms with van der Waals surface area (Å²) in [6.45, 7) is 6.55. The van der Waals surface area contributed by atoms with Crippen molar-refractivity contribution in [1.82, 2.24) is 0 Å². The molecule has 1 radical (unpaired) electrons. The Bertz CT molecular complexity index is 197. The van der Waals surface area contributed by atoms with Gasteiger partial charge in [0.15, 0.2) is 0 Å². The van der Waals surface area contributed by atoms with Gasteiger partial charge in [0.25, 0.3) is 0 Å². The normalized spacial score (nSPS) is 5.94. The SMILES string of the molecule is C=C(C)C(=O)O.CC(=O)[O-].CC(=O)[O-].F.[Cu+2]. The minimum atomic E-state index is -1.08. The van der Waals surface area contributed by atoms with Crippen LogP contribution in [-0.4, -0.2) is 23.0 Å². The molecule has 0 aliphatic rings. The first-order valence-corrected chi connectivity index (χ1v) is 3.35. The fraction of sp³-hybridized carbons (Fsp3) is 0.375. The van der Waals surface area contributed by atoms with Gasteiger partial charge < -0.3 is 24.9 Å². The molecule has 0 aliphatic carbocycles. The Morgan fingerprint density at radius 1 is 1.00 bits per heavy atom. The van der Waals surface area contributed by atoms with E-state index in [0.29, 0.717) is 0 Å². The Morgan fingerprint density at radius 3 is 1.06 bits per heavy atom. The molecule has 0 saturated heterocycles. The molecule has 0 fully saturated rings. The summed E-state index contributed by atoms with van der Waals surface area (Å²) in [5.74, 6) is -3.10. The summed E-state index contributed by atoms with van der Waals surface area (Å²) in [6.07, 6.45) is 0. The standard InChI is InChI=1S/C4H6O2.2C2H4O2.Cu.FH/c1-3(2)4(5)6;2*1-2(3)4;;/h1H2,2H3,(H,5,6);2*1H3,(H,3,4);;1H/q;;;+2;/p-2. The van der Waals surface area contributed by atoms with Crippen LogP contribution in [0.2, 0.25) is 0 Å². The molecule has 0 spiro atoms. The summed E-state index contributed by atoms with van der Waals surface area (Å²) in [6, 6.07) is 0. The summed E-state index contributed by atoms with van der Waals surface area (Å²) in [4.78, 5) is 27.4. The fourth-order valence-electron chi connectivity index (χ4n) is 0. The van der Waals surface area contributed by atoms with Gasteiger partial charge in [-0.05, 0) is 20.8 Å². The topological polar surface area (TPSA) is 118 Å². The van der Waals surface area contributed by atoms with Crippen molar-refractivity contribution in [1.29, 1.82) is 0 Å². The maximum Gasteiger partial charge on any atom is 2.00 e. The van der Waals surface area contributed by atoms with E-state index in [2.05, 4.69) is 6.58 Å². The minimum Gasteiger partial charge on any atom is -0.550 e. The molecule has 0 aliphatic heterocycles. The average Bonchev–Trinajstić information content (AvgIpc) is 1.83. The van der Waals surface area contributed by atoms with Crippen molar-refractivity contribution >= 4 is 17.9 Å². The van der Waals surface area contributed by atoms with Gasteiger partial charge in [-0.1, -0.05) is 6.58 Å². The number of rotatable bonds is 1.